The molecule has 1 saturated heterocycles. The van der Waals surface area contributed by atoms with Gasteiger partial charge in [-0.1, -0.05) is 19.9 Å². The van der Waals surface area contributed by atoms with E-state index in [9.17, 15) is 9.59 Å². The van der Waals surface area contributed by atoms with Gasteiger partial charge < -0.3 is 19.1 Å². The Morgan fingerprint density at radius 2 is 1.96 bits per heavy atom. The summed E-state index contributed by atoms with van der Waals surface area (Å²) >= 11 is 0. The van der Waals surface area contributed by atoms with Crippen LogP contribution in [0, 0.1) is 5.92 Å². The average Bonchev–Trinajstić information content (AvgIpc) is 2.64. The van der Waals surface area contributed by atoms with Gasteiger partial charge in [0.25, 0.3) is 0 Å². The first-order chi connectivity index (χ1) is 13.1. The monoisotopic (exact) mass is 391 g/mol. The molecular weight excluding hydrogens is 358 g/mol. The molecule has 0 bridgehead atoms. The summed E-state index contributed by atoms with van der Waals surface area (Å²) in [4.78, 5) is 26.2. The zero-order valence-corrected chi connectivity index (χ0v) is 17.9. The predicted molar refractivity (Wildman–Crippen MR) is 108 cm³/mol. The molecular formula is C22H33NO5. The van der Waals surface area contributed by atoms with Crippen LogP contribution in [0.4, 0.5) is 4.79 Å². The number of nitrogens with zero attached hydrogens (tertiary/aromatic N) is 1. The molecule has 1 unspecified atom stereocenters. The summed E-state index contributed by atoms with van der Waals surface area (Å²) in [6.07, 6.45) is 1.59. The topological polar surface area (TPSA) is 65.1 Å². The molecule has 1 aliphatic heterocycles. The average molecular weight is 392 g/mol. The Balaban J connectivity index is 2.05. The van der Waals surface area contributed by atoms with Crippen molar-refractivity contribution in [1.29, 1.82) is 0 Å². The van der Waals surface area contributed by atoms with Crippen LogP contribution >= 0.6 is 0 Å². The fourth-order valence-electron chi connectivity index (χ4n) is 3.20. The van der Waals surface area contributed by atoms with Crippen molar-refractivity contribution >= 4 is 12.1 Å². The first-order valence-corrected chi connectivity index (χ1v) is 9.93. The van der Waals surface area contributed by atoms with Crippen molar-refractivity contribution in [1.82, 2.24) is 4.90 Å². The molecule has 6 heteroatoms. The summed E-state index contributed by atoms with van der Waals surface area (Å²) in [5.41, 5.74) is 1.01. The fourth-order valence-corrected chi connectivity index (χ4v) is 3.20. The third kappa shape index (κ3) is 6.14. The summed E-state index contributed by atoms with van der Waals surface area (Å²) in [7, 11) is 1.36. The molecule has 156 valence electrons. The zero-order chi connectivity index (χ0) is 20.9. The van der Waals surface area contributed by atoms with E-state index in [0.29, 0.717) is 36.9 Å². The molecule has 1 aromatic rings. The maximum atomic E-state index is 12.3. The van der Waals surface area contributed by atoms with Gasteiger partial charge in [-0.2, -0.15) is 0 Å². The first-order valence-electron chi connectivity index (χ1n) is 9.93. The number of esters is 1. The van der Waals surface area contributed by atoms with E-state index in [1.54, 1.807) is 11.0 Å². The molecule has 1 amide bonds. The number of carbonyl (C=O) groups is 2. The molecule has 28 heavy (non-hydrogen) atoms. The number of rotatable bonds is 5. The van der Waals surface area contributed by atoms with E-state index in [2.05, 4.69) is 13.8 Å². The van der Waals surface area contributed by atoms with Gasteiger partial charge in [-0.25, -0.2) is 9.59 Å². The van der Waals surface area contributed by atoms with Gasteiger partial charge in [0.2, 0.25) is 0 Å². The number of ether oxygens (including phenoxy) is 3. The molecule has 1 aliphatic rings. The maximum Gasteiger partial charge on any atom is 0.410 e. The lowest BCUT2D eigenvalue weighted by atomic mass is 9.99. The number of hydrogen-bond acceptors (Lipinski definition) is 5. The van der Waals surface area contributed by atoms with Crippen LogP contribution in [0.2, 0.25) is 0 Å². The molecule has 0 aliphatic carbocycles. The lowest BCUT2D eigenvalue weighted by Gasteiger charge is -2.34. The predicted octanol–water partition coefficient (Wildman–Crippen LogP) is 4.62. The van der Waals surface area contributed by atoms with E-state index in [1.807, 2.05) is 32.9 Å². The normalized spacial score (nSPS) is 17.4. The van der Waals surface area contributed by atoms with E-state index in [0.717, 1.165) is 18.4 Å². The number of likely N-dealkylation sites (tertiary alicyclic amines) is 1. The van der Waals surface area contributed by atoms with Gasteiger partial charge in [-0.05, 0) is 57.2 Å². The van der Waals surface area contributed by atoms with Gasteiger partial charge in [0.1, 0.15) is 16.9 Å². The van der Waals surface area contributed by atoms with Crippen LogP contribution in [0.25, 0.3) is 0 Å². The minimum Gasteiger partial charge on any atom is -0.492 e. The second-order valence-electron chi connectivity index (χ2n) is 8.65. The molecule has 1 aromatic carbocycles. The number of amides is 1. The molecule has 1 heterocycles. The second kappa shape index (κ2) is 9.30. The van der Waals surface area contributed by atoms with E-state index >= 15 is 0 Å². The molecule has 1 atom stereocenters. The minimum atomic E-state index is -0.507. The molecule has 0 radical (unpaired) electrons. The third-order valence-electron chi connectivity index (χ3n) is 4.72. The van der Waals surface area contributed by atoms with Crippen molar-refractivity contribution in [2.24, 2.45) is 5.92 Å². The molecule has 0 saturated carbocycles. The molecule has 2 rings (SSSR count). The highest BCUT2D eigenvalue weighted by Gasteiger charge is 2.28. The summed E-state index contributed by atoms with van der Waals surface area (Å²) in [5.74, 6) is 0.637. The highest BCUT2D eigenvalue weighted by molar-refractivity contribution is 5.92. The first kappa shape index (κ1) is 22.1. The Kier molecular flexibility index (Phi) is 7.33. The quantitative estimate of drug-likeness (QED) is 0.685. The summed E-state index contributed by atoms with van der Waals surface area (Å²) in [6, 6.07) is 5.59. The molecule has 0 N–H and O–H groups in total. The molecule has 6 nitrogen and oxygen atoms in total. The summed E-state index contributed by atoms with van der Waals surface area (Å²) in [5, 5.41) is 0. The van der Waals surface area contributed by atoms with E-state index in [1.165, 1.54) is 7.11 Å². The van der Waals surface area contributed by atoms with Crippen molar-refractivity contribution in [2.45, 2.75) is 59.0 Å². The van der Waals surface area contributed by atoms with Crippen LogP contribution in [-0.2, 0) is 9.47 Å². The van der Waals surface area contributed by atoms with Gasteiger partial charge in [0.05, 0.1) is 13.7 Å². The lowest BCUT2D eigenvalue weighted by Crippen LogP contribution is -2.44. The number of benzene rings is 1. The van der Waals surface area contributed by atoms with Gasteiger partial charge >= 0.3 is 12.1 Å². The van der Waals surface area contributed by atoms with Gasteiger partial charge in [-0.3, -0.25) is 0 Å². The van der Waals surface area contributed by atoms with Gasteiger partial charge in [0.15, 0.2) is 0 Å². The van der Waals surface area contributed by atoms with Gasteiger partial charge in [-0.15, -0.1) is 0 Å². The minimum absolute atomic E-state index is 0.189. The van der Waals surface area contributed by atoms with Crippen molar-refractivity contribution < 1.29 is 23.8 Å². The Bertz CT molecular complexity index is 693. The van der Waals surface area contributed by atoms with Crippen LogP contribution in [0.5, 0.6) is 5.75 Å². The van der Waals surface area contributed by atoms with Gasteiger partial charge in [0, 0.05) is 19.0 Å². The Labute approximate surface area is 168 Å². The summed E-state index contributed by atoms with van der Waals surface area (Å²) < 4.78 is 16.4. The molecule has 0 aromatic heterocycles. The highest BCUT2D eigenvalue weighted by Crippen LogP contribution is 2.27. The van der Waals surface area contributed by atoms with Crippen LogP contribution < -0.4 is 4.74 Å². The Morgan fingerprint density at radius 1 is 1.25 bits per heavy atom. The van der Waals surface area contributed by atoms with Crippen molar-refractivity contribution in [3.05, 3.63) is 29.3 Å². The number of methoxy groups -OCH3 is 1. The van der Waals surface area contributed by atoms with Crippen LogP contribution in [0.15, 0.2) is 18.2 Å². The number of piperidine rings is 1. The number of hydrogen-bond donors (Lipinski definition) is 0. The molecule has 1 fully saturated rings. The summed E-state index contributed by atoms with van der Waals surface area (Å²) in [6.45, 7) is 11.5. The fraction of sp³-hybridized carbons (Fsp3) is 0.636. The SMILES string of the molecule is COC(=O)c1ccc(C(C)C)cc1OCC1CCCN(C(=O)OC(C)(C)C)C1. The van der Waals surface area contributed by atoms with Crippen LogP contribution in [0.1, 0.15) is 69.3 Å². The highest BCUT2D eigenvalue weighted by atomic mass is 16.6. The Morgan fingerprint density at radius 3 is 2.57 bits per heavy atom. The lowest BCUT2D eigenvalue weighted by molar-refractivity contribution is 0.0139. The maximum absolute atomic E-state index is 12.3. The van der Waals surface area contributed by atoms with Crippen molar-refractivity contribution in [2.75, 3.05) is 26.8 Å². The largest absolute Gasteiger partial charge is 0.492 e. The standard InChI is InChI=1S/C22H33NO5/c1-15(2)17-9-10-18(20(24)26-6)19(12-17)27-14-16-8-7-11-23(13-16)21(25)28-22(3,4)5/h9-10,12,15-16H,7-8,11,13-14H2,1-6H3. The molecule has 0 spiro atoms. The third-order valence-corrected chi connectivity index (χ3v) is 4.72. The van der Waals surface area contributed by atoms with Crippen molar-refractivity contribution in [3.63, 3.8) is 0 Å². The zero-order valence-electron chi connectivity index (χ0n) is 17.9. The second-order valence-corrected chi connectivity index (χ2v) is 8.65. The van der Waals surface area contributed by atoms with E-state index in [4.69, 9.17) is 14.2 Å². The van der Waals surface area contributed by atoms with Crippen molar-refractivity contribution in [3.8, 4) is 5.75 Å². The van der Waals surface area contributed by atoms with Crippen LogP contribution in [-0.4, -0.2) is 49.4 Å². The smallest absolute Gasteiger partial charge is 0.410 e. The van der Waals surface area contributed by atoms with E-state index in [-0.39, 0.29) is 12.0 Å². The Hall–Kier alpha value is -2.24. The van der Waals surface area contributed by atoms with Crippen LogP contribution in [0.3, 0.4) is 0 Å². The number of carbonyl (C=O) groups excluding carboxylic acids is 2. The van der Waals surface area contributed by atoms with E-state index < -0.39 is 11.6 Å².